The fourth-order valence-electron chi connectivity index (χ4n) is 1.54. The lowest BCUT2D eigenvalue weighted by Crippen LogP contribution is -2.26. The van der Waals surface area contributed by atoms with Crippen molar-refractivity contribution in [1.29, 1.82) is 0 Å². The predicted octanol–water partition coefficient (Wildman–Crippen LogP) is 3.32. The highest BCUT2D eigenvalue weighted by Gasteiger charge is 2.22. The van der Waals surface area contributed by atoms with E-state index in [0.29, 0.717) is 5.75 Å². The van der Waals surface area contributed by atoms with Crippen LogP contribution in [0.2, 0.25) is 0 Å². The number of carbonyl (C=O) groups is 1. The molecular formula is C13H16O3. The van der Waals surface area contributed by atoms with Crippen LogP contribution < -0.4 is 4.74 Å². The van der Waals surface area contributed by atoms with Gasteiger partial charge in [-0.2, -0.15) is 0 Å². The lowest BCUT2D eigenvalue weighted by Gasteiger charge is -2.24. The molecule has 0 atom stereocenters. The molecule has 3 heteroatoms. The largest absolute Gasteiger partial charge is 0.514 e. The molecule has 0 saturated heterocycles. The number of hydrogen-bond acceptors (Lipinski definition) is 3. The molecule has 0 bridgehead atoms. The number of carbonyl (C=O) groups excluding carboxylic acids is 1. The van der Waals surface area contributed by atoms with Crippen molar-refractivity contribution in [3.8, 4) is 5.75 Å². The van der Waals surface area contributed by atoms with Crippen molar-refractivity contribution in [1.82, 2.24) is 0 Å². The Bertz CT molecular complexity index is 352. The summed E-state index contributed by atoms with van der Waals surface area (Å²) in [6.07, 6.45) is 3.53. The molecule has 0 heterocycles. The van der Waals surface area contributed by atoms with Gasteiger partial charge in [-0.3, -0.25) is 0 Å². The molecule has 2 rings (SSSR count). The molecular weight excluding hydrogens is 204 g/mol. The Morgan fingerprint density at radius 2 is 2.00 bits per heavy atom. The second kappa shape index (κ2) is 5.01. The van der Waals surface area contributed by atoms with Crippen LogP contribution in [0.3, 0.4) is 0 Å². The Morgan fingerprint density at radius 3 is 2.50 bits per heavy atom. The van der Waals surface area contributed by atoms with E-state index in [4.69, 9.17) is 9.47 Å². The first-order valence-corrected chi connectivity index (χ1v) is 5.75. The summed E-state index contributed by atoms with van der Waals surface area (Å²) in [6.45, 7) is 2.08. The molecule has 1 saturated carbocycles. The molecule has 1 aliphatic carbocycles. The van der Waals surface area contributed by atoms with Crippen LogP contribution in [0, 0.1) is 0 Å². The molecule has 0 spiro atoms. The van der Waals surface area contributed by atoms with Gasteiger partial charge in [-0.15, -0.1) is 0 Å². The van der Waals surface area contributed by atoms with Gasteiger partial charge >= 0.3 is 6.16 Å². The minimum Gasteiger partial charge on any atom is -0.431 e. The summed E-state index contributed by atoms with van der Waals surface area (Å²) in [7, 11) is 0. The van der Waals surface area contributed by atoms with Crippen LogP contribution >= 0.6 is 0 Å². The van der Waals surface area contributed by atoms with Crippen LogP contribution in [0.5, 0.6) is 5.75 Å². The van der Waals surface area contributed by atoms with Gasteiger partial charge in [0.1, 0.15) is 11.9 Å². The number of ether oxygens (including phenoxy) is 2. The summed E-state index contributed by atoms with van der Waals surface area (Å²) in [5, 5.41) is 0. The van der Waals surface area contributed by atoms with Crippen molar-refractivity contribution in [2.45, 2.75) is 38.7 Å². The van der Waals surface area contributed by atoms with Gasteiger partial charge in [0.2, 0.25) is 0 Å². The van der Waals surface area contributed by atoms with Crippen LogP contribution in [-0.2, 0) is 11.2 Å². The van der Waals surface area contributed by atoms with E-state index in [1.54, 1.807) is 12.1 Å². The predicted molar refractivity (Wildman–Crippen MR) is 60.6 cm³/mol. The summed E-state index contributed by atoms with van der Waals surface area (Å²) >= 11 is 0. The van der Waals surface area contributed by atoms with E-state index in [1.165, 1.54) is 5.56 Å². The third-order valence-electron chi connectivity index (χ3n) is 2.85. The fourth-order valence-corrected chi connectivity index (χ4v) is 1.54. The van der Waals surface area contributed by atoms with Crippen LogP contribution in [0.25, 0.3) is 0 Å². The molecule has 0 aromatic heterocycles. The number of hydrogen-bond donors (Lipinski definition) is 0. The molecule has 1 aromatic rings. The van der Waals surface area contributed by atoms with E-state index in [-0.39, 0.29) is 6.10 Å². The Morgan fingerprint density at radius 1 is 1.31 bits per heavy atom. The average molecular weight is 220 g/mol. The maximum Gasteiger partial charge on any atom is 0.514 e. The van der Waals surface area contributed by atoms with Gasteiger partial charge in [0, 0.05) is 0 Å². The van der Waals surface area contributed by atoms with Crippen molar-refractivity contribution < 1.29 is 14.3 Å². The Hall–Kier alpha value is -1.51. The lowest BCUT2D eigenvalue weighted by atomic mass is 9.96. The molecule has 3 nitrogen and oxygen atoms in total. The zero-order valence-corrected chi connectivity index (χ0v) is 9.44. The van der Waals surface area contributed by atoms with E-state index in [0.717, 1.165) is 25.7 Å². The van der Waals surface area contributed by atoms with E-state index >= 15 is 0 Å². The van der Waals surface area contributed by atoms with Gasteiger partial charge < -0.3 is 9.47 Å². The molecule has 0 amide bonds. The van der Waals surface area contributed by atoms with Gasteiger partial charge in [0.05, 0.1) is 0 Å². The molecule has 1 aromatic carbocycles. The fraction of sp³-hybridized carbons (Fsp3) is 0.462. The van der Waals surface area contributed by atoms with Crippen molar-refractivity contribution >= 4 is 6.16 Å². The van der Waals surface area contributed by atoms with E-state index in [2.05, 4.69) is 6.92 Å². The normalized spacial score (nSPS) is 15.3. The van der Waals surface area contributed by atoms with Crippen LogP contribution in [-0.4, -0.2) is 12.3 Å². The van der Waals surface area contributed by atoms with E-state index < -0.39 is 6.16 Å². The Labute approximate surface area is 95.4 Å². The molecule has 1 fully saturated rings. The summed E-state index contributed by atoms with van der Waals surface area (Å²) in [4.78, 5) is 11.3. The smallest absolute Gasteiger partial charge is 0.431 e. The van der Waals surface area contributed by atoms with E-state index in [9.17, 15) is 4.79 Å². The summed E-state index contributed by atoms with van der Waals surface area (Å²) in [5.74, 6) is 0.543. The summed E-state index contributed by atoms with van der Waals surface area (Å²) in [5.41, 5.74) is 1.22. The maximum absolute atomic E-state index is 11.3. The zero-order valence-electron chi connectivity index (χ0n) is 9.44. The standard InChI is InChI=1S/C13H16O3/c1-2-10-6-8-12(9-7-10)16-13(14)15-11-4-3-5-11/h6-9,11H,2-5H2,1H3. The maximum atomic E-state index is 11.3. The topological polar surface area (TPSA) is 35.5 Å². The highest BCUT2D eigenvalue weighted by atomic mass is 16.7. The molecule has 86 valence electrons. The minimum atomic E-state index is -0.589. The van der Waals surface area contributed by atoms with E-state index in [1.807, 2.05) is 12.1 Å². The SMILES string of the molecule is CCc1ccc(OC(=O)OC2CCC2)cc1. The second-order valence-electron chi connectivity index (χ2n) is 4.02. The zero-order chi connectivity index (χ0) is 11.4. The highest BCUT2D eigenvalue weighted by Crippen LogP contribution is 2.23. The summed E-state index contributed by atoms with van der Waals surface area (Å²) in [6, 6.07) is 7.49. The molecule has 0 unspecified atom stereocenters. The van der Waals surface area contributed by atoms with Gasteiger partial charge in [-0.1, -0.05) is 19.1 Å². The third-order valence-corrected chi connectivity index (χ3v) is 2.85. The lowest BCUT2D eigenvalue weighted by molar-refractivity contribution is 0.0227. The number of aryl methyl sites for hydroxylation is 1. The van der Waals surface area contributed by atoms with Gasteiger partial charge in [0.25, 0.3) is 0 Å². The van der Waals surface area contributed by atoms with Crippen LogP contribution in [0.1, 0.15) is 31.7 Å². The van der Waals surface area contributed by atoms with Crippen LogP contribution in [0.15, 0.2) is 24.3 Å². The van der Waals surface area contributed by atoms with Gasteiger partial charge in [0.15, 0.2) is 0 Å². The molecule has 1 aliphatic rings. The number of rotatable bonds is 3. The first-order valence-electron chi connectivity index (χ1n) is 5.75. The van der Waals surface area contributed by atoms with Crippen molar-refractivity contribution in [3.63, 3.8) is 0 Å². The number of benzene rings is 1. The summed E-state index contributed by atoms with van der Waals surface area (Å²) < 4.78 is 10.1. The molecule has 0 N–H and O–H groups in total. The Balaban J connectivity index is 1.84. The quantitative estimate of drug-likeness (QED) is 0.579. The van der Waals surface area contributed by atoms with Crippen LogP contribution in [0.4, 0.5) is 4.79 Å². The van der Waals surface area contributed by atoms with Crippen molar-refractivity contribution in [3.05, 3.63) is 29.8 Å². The minimum absolute atomic E-state index is 0.0717. The second-order valence-corrected chi connectivity index (χ2v) is 4.02. The molecule has 0 radical (unpaired) electrons. The monoisotopic (exact) mass is 220 g/mol. The van der Waals surface area contributed by atoms with Crippen molar-refractivity contribution in [2.75, 3.05) is 0 Å². The van der Waals surface area contributed by atoms with Crippen molar-refractivity contribution in [2.24, 2.45) is 0 Å². The average Bonchev–Trinajstić information content (AvgIpc) is 2.25. The first kappa shape index (κ1) is 11.0. The van der Waals surface area contributed by atoms with Gasteiger partial charge in [-0.05, 0) is 43.4 Å². The third kappa shape index (κ3) is 2.75. The first-order chi connectivity index (χ1) is 7.78. The highest BCUT2D eigenvalue weighted by molar-refractivity contribution is 5.64. The molecule has 0 aliphatic heterocycles. The molecule has 16 heavy (non-hydrogen) atoms. The Kier molecular flexibility index (Phi) is 3.44. The van der Waals surface area contributed by atoms with Gasteiger partial charge in [-0.25, -0.2) is 4.79 Å².